The van der Waals surface area contributed by atoms with Crippen LogP contribution in [-0.2, 0) is 13.0 Å². The molecule has 5 heteroatoms. The Morgan fingerprint density at radius 1 is 1.35 bits per heavy atom. The highest BCUT2D eigenvalue weighted by Crippen LogP contribution is 2.23. The molecule has 0 unspecified atom stereocenters. The molecule has 3 aromatic rings. The minimum atomic E-state index is 0.547. The molecule has 2 aromatic heterocycles. The quantitative estimate of drug-likeness (QED) is 0.676. The van der Waals surface area contributed by atoms with Crippen molar-refractivity contribution in [2.75, 3.05) is 13.0 Å². The fraction of sp³-hybridized carbons (Fsp3) is 0.267. The zero-order chi connectivity index (χ0) is 13.9. The third-order valence-electron chi connectivity index (χ3n) is 3.27. The molecule has 0 spiro atoms. The molecule has 0 saturated heterocycles. The van der Waals surface area contributed by atoms with E-state index in [0.29, 0.717) is 12.4 Å². The Hall–Kier alpha value is -1.94. The highest BCUT2D eigenvalue weighted by Gasteiger charge is 2.12. The standard InChI is InChI=1S/C15H15ClN2O2/c1-19-12-2-3-13-14(8-12)18(15(17-13)4-6-16)9-11-5-7-20-10-11/h2-3,5,7-8,10H,4,6,9H2,1H3. The number of rotatable bonds is 5. The summed E-state index contributed by atoms with van der Waals surface area (Å²) in [6, 6.07) is 7.84. The van der Waals surface area contributed by atoms with Gasteiger partial charge < -0.3 is 13.7 Å². The number of benzene rings is 1. The number of ether oxygens (including phenoxy) is 1. The van der Waals surface area contributed by atoms with Gasteiger partial charge in [0.1, 0.15) is 11.6 Å². The van der Waals surface area contributed by atoms with Crippen molar-refractivity contribution in [3.05, 3.63) is 48.2 Å². The van der Waals surface area contributed by atoms with Crippen LogP contribution >= 0.6 is 11.6 Å². The molecule has 0 amide bonds. The lowest BCUT2D eigenvalue weighted by Gasteiger charge is -2.07. The molecule has 0 N–H and O–H groups in total. The average molecular weight is 291 g/mol. The predicted octanol–water partition coefficient (Wildman–Crippen LogP) is 3.47. The molecule has 2 heterocycles. The summed E-state index contributed by atoms with van der Waals surface area (Å²) in [6.45, 7) is 0.715. The van der Waals surface area contributed by atoms with Crippen LogP contribution in [0.15, 0.2) is 41.2 Å². The van der Waals surface area contributed by atoms with Crippen LogP contribution in [0.2, 0.25) is 0 Å². The first-order valence-corrected chi connectivity index (χ1v) is 6.95. The van der Waals surface area contributed by atoms with Crippen molar-refractivity contribution in [2.24, 2.45) is 0 Å². The molecule has 0 saturated carbocycles. The lowest BCUT2D eigenvalue weighted by molar-refractivity contribution is 0.415. The van der Waals surface area contributed by atoms with Gasteiger partial charge in [-0.1, -0.05) is 0 Å². The molecule has 0 aliphatic rings. The van der Waals surface area contributed by atoms with Crippen LogP contribution in [0.5, 0.6) is 5.75 Å². The Morgan fingerprint density at radius 3 is 2.95 bits per heavy atom. The third-order valence-corrected chi connectivity index (χ3v) is 3.46. The zero-order valence-corrected chi connectivity index (χ0v) is 11.9. The topological polar surface area (TPSA) is 40.2 Å². The van der Waals surface area contributed by atoms with Crippen LogP contribution < -0.4 is 4.74 Å². The molecule has 0 atom stereocenters. The van der Waals surface area contributed by atoms with E-state index in [-0.39, 0.29) is 0 Å². The molecule has 4 nitrogen and oxygen atoms in total. The first-order valence-electron chi connectivity index (χ1n) is 6.42. The number of hydrogen-bond donors (Lipinski definition) is 0. The fourth-order valence-corrected chi connectivity index (χ4v) is 2.47. The maximum atomic E-state index is 5.88. The number of alkyl halides is 1. The summed E-state index contributed by atoms with van der Waals surface area (Å²) in [5.74, 6) is 2.35. The first-order chi connectivity index (χ1) is 9.81. The summed E-state index contributed by atoms with van der Waals surface area (Å²) < 4.78 is 12.6. The van der Waals surface area contributed by atoms with Gasteiger partial charge in [0.15, 0.2) is 0 Å². The van der Waals surface area contributed by atoms with E-state index < -0.39 is 0 Å². The van der Waals surface area contributed by atoms with E-state index in [2.05, 4.69) is 9.55 Å². The molecule has 20 heavy (non-hydrogen) atoms. The second-order valence-electron chi connectivity index (χ2n) is 4.54. The highest BCUT2D eigenvalue weighted by molar-refractivity contribution is 6.17. The molecule has 0 aliphatic carbocycles. The number of aryl methyl sites for hydroxylation is 1. The summed E-state index contributed by atoms with van der Waals surface area (Å²) in [5, 5.41) is 0. The summed E-state index contributed by atoms with van der Waals surface area (Å²) in [4.78, 5) is 4.65. The second-order valence-corrected chi connectivity index (χ2v) is 4.92. The van der Waals surface area contributed by atoms with Crippen LogP contribution in [-0.4, -0.2) is 22.5 Å². The van der Waals surface area contributed by atoms with E-state index in [9.17, 15) is 0 Å². The number of imidazole rings is 1. The number of furan rings is 1. The smallest absolute Gasteiger partial charge is 0.121 e. The normalized spacial score (nSPS) is 11.1. The Morgan fingerprint density at radius 2 is 2.25 bits per heavy atom. The lowest BCUT2D eigenvalue weighted by atomic mass is 10.2. The van der Waals surface area contributed by atoms with Gasteiger partial charge in [0.25, 0.3) is 0 Å². The average Bonchev–Trinajstić information content (AvgIpc) is 3.08. The number of fused-ring (bicyclic) bond motifs is 1. The van der Waals surface area contributed by atoms with Crippen molar-refractivity contribution in [3.8, 4) is 5.75 Å². The van der Waals surface area contributed by atoms with Crippen LogP contribution in [0.25, 0.3) is 11.0 Å². The SMILES string of the molecule is COc1ccc2nc(CCCl)n(Cc3ccoc3)c2c1. The number of nitrogens with zero attached hydrogens (tertiary/aromatic N) is 2. The zero-order valence-electron chi connectivity index (χ0n) is 11.2. The van der Waals surface area contributed by atoms with Crippen molar-refractivity contribution >= 4 is 22.6 Å². The van der Waals surface area contributed by atoms with Gasteiger partial charge in [0, 0.05) is 23.9 Å². The summed E-state index contributed by atoms with van der Waals surface area (Å²) in [6.07, 6.45) is 4.16. The Kier molecular flexibility index (Phi) is 3.65. The van der Waals surface area contributed by atoms with Crippen molar-refractivity contribution in [1.29, 1.82) is 0 Å². The van der Waals surface area contributed by atoms with Crippen molar-refractivity contribution in [3.63, 3.8) is 0 Å². The molecular formula is C15H15ClN2O2. The van der Waals surface area contributed by atoms with Gasteiger partial charge in [0.2, 0.25) is 0 Å². The fourth-order valence-electron chi connectivity index (χ4n) is 2.30. The molecular weight excluding hydrogens is 276 g/mol. The van der Waals surface area contributed by atoms with Crippen molar-refractivity contribution in [1.82, 2.24) is 9.55 Å². The summed E-state index contributed by atoms with van der Waals surface area (Å²) >= 11 is 5.88. The van der Waals surface area contributed by atoms with E-state index in [1.165, 1.54) is 0 Å². The van der Waals surface area contributed by atoms with E-state index in [0.717, 1.165) is 34.6 Å². The van der Waals surface area contributed by atoms with E-state index in [4.69, 9.17) is 20.8 Å². The second kappa shape index (κ2) is 5.59. The lowest BCUT2D eigenvalue weighted by Crippen LogP contribution is -2.05. The largest absolute Gasteiger partial charge is 0.497 e. The minimum Gasteiger partial charge on any atom is -0.497 e. The molecule has 3 rings (SSSR count). The molecule has 0 fully saturated rings. The van der Waals surface area contributed by atoms with Gasteiger partial charge >= 0.3 is 0 Å². The molecule has 104 valence electrons. The Labute approximate surface area is 121 Å². The summed E-state index contributed by atoms with van der Waals surface area (Å²) in [5.41, 5.74) is 3.10. The van der Waals surface area contributed by atoms with Crippen molar-refractivity contribution in [2.45, 2.75) is 13.0 Å². The monoisotopic (exact) mass is 290 g/mol. The Balaban J connectivity index is 2.11. The predicted molar refractivity (Wildman–Crippen MR) is 78.5 cm³/mol. The first kappa shape index (κ1) is 13.1. The number of halogens is 1. The maximum Gasteiger partial charge on any atom is 0.121 e. The highest BCUT2D eigenvalue weighted by atomic mass is 35.5. The van der Waals surface area contributed by atoms with Crippen molar-refractivity contribution < 1.29 is 9.15 Å². The number of aromatic nitrogens is 2. The molecule has 1 aromatic carbocycles. The van der Waals surface area contributed by atoms with Crippen LogP contribution in [0, 0.1) is 0 Å². The Bertz CT molecular complexity index is 704. The van der Waals surface area contributed by atoms with Gasteiger partial charge in [-0.05, 0) is 18.2 Å². The van der Waals surface area contributed by atoms with Crippen LogP contribution in [0.4, 0.5) is 0 Å². The van der Waals surface area contributed by atoms with E-state index in [1.54, 1.807) is 19.6 Å². The van der Waals surface area contributed by atoms with E-state index >= 15 is 0 Å². The molecule has 0 radical (unpaired) electrons. The van der Waals surface area contributed by atoms with E-state index in [1.807, 2.05) is 24.3 Å². The number of hydrogen-bond acceptors (Lipinski definition) is 3. The van der Waals surface area contributed by atoms with Crippen LogP contribution in [0.1, 0.15) is 11.4 Å². The number of methoxy groups -OCH3 is 1. The van der Waals surface area contributed by atoms with Gasteiger partial charge in [-0.25, -0.2) is 4.98 Å². The van der Waals surface area contributed by atoms with Gasteiger partial charge in [-0.15, -0.1) is 11.6 Å². The maximum absolute atomic E-state index is 5.88. The molecule has 0 aliphatic heterocycles. The van der Waals surface area contributed by atoms with Gasteiger partial charge in [-0.3, -0.25) is 0 Å². The minimum absolute atomic E-state index is 0.547. The van der Waals surface area contributed by atoms with Crippen LogP contribution in [0.3, 0.4) is 0 Å². The third kappa shape index (κ3) is 2.39. The molecule has 0 bridgehead atoms. The van der Waals surface area contributed by atoms with Gasteiger partial charge in [0.05, 0.1) is 37.2 Å². The van der Waals surface area contributed by atoms with Gasteiger partial charge in [-0.2, -0.15) is 0 Å². The summed E-state index contributed by atoms with van der Waals surface area (Å²) in [7, 11) is 1.66.